The molecule has 0 aliphatic rings. The number of aryl methyl sites for hydroxylation is 1. The van der Waals surface area contributed by atoms with Crippen LogP contribution in [0, 0.1) is 6.92 Å². The number of hydrogen-bond acceptors (Lipinski definition) is 5. The van der Waals surface area contributed by atoms with Crippen molar-refractivity contribution in [2.45, 2.75) is 20.4 Å². The van der Waals surface area contributed by atoms with Gasteiger partial charge in [0.15, 0.2) is 5.82 Å². The van der Waals surface area contributed by atoms with Crippen LogP contribution in [0.25, 0.3) is 33.5 Å². The molecule has 7 nitrogen and oxygen atoms in total. The molecule has 2 aromatic heterocycles. The predicted octanol–water partition coefficient (Wildman–Crippen LogP) is 4.80. The molecule has 0 radical (unpaired) electrons. The summed E-state index contributed by atoms with van der Waals surface area (Å²) >= 11 is 0. The van der Waals surface area contributed by atoms with E-state index in [1.165, 1.54) is 0 Å². The summed E-state index contributed by atoms with van der Waals surface area (Å²) in [4.78, 5) is 18.7. The highest BCUT2D eigenvalue weighted by Gasteiger charge is 2.15. The maximum atomic E-state index is 11.4. The number of imidazole rings is 1. The van der Waals surface area contributed by atoms with Crippen molar-refractivity contribution < 1.29 is 9.26 Å². The van der Waals surface area contributed by atoms with Crippen LogP contribution in [0.1, 0.15) is 18.1 Å². The van der Waals surface area contributed by atoms with Crippen molar-refractivity contribution >= 4 is 11.0 Å². The average molecular weight is 426 g/mol. The van der Waals surface area contributed by atoms with Crippen molar-refractivity contribution in [3.05, 3.63) is 88.4 Å². The van der Waals surface area contributed by atoms with Crippen LogP contribution < -0.4 is 10.5 Å². The smallest absolute Gasteiger partial charge is 0.439 e. The second-order valence-electron chi connectivity index (χ2n) is 7.54. The number of fused-ring (bicyclic) bond motifs is 1. The predicted molar refractivity (Wildman–Crippen MR) is 123 cm³/mol. The molecule has 7 heteroatoms. The fourth-order valence-corrected chi connectivity index (χ4v) is 3.99. The molecule has 0 spiro atoms. The normalized spacial score (nSPS) is 11.2. The van der Waals surface area contributed by atoms with Crippen molar-refractivity contribution in [1.82, 2.24) is 19.7 Å². The van der Waals surface area contributed by atoms with E-state index >= 15 is 0 Å². The van der Waals surface area contributed by atoms with Gasteiger partial charge in [0.1, 0.15) is 0 Å². The Morgan fingerprint density at radius 2 is 1.78 bits per heavy atom. The highest BCUT2D eigenvalue weighted by Crippen LogP contribution is 2.31. The summed E-state index contributed by atoms with van der Waals surface area (Å²) in [6.07, 6.45) is 0. The number of H-pyrrole nitrogens is 1. The zero-order valence-electron chi connectivity index (χ0n) is 17.8. The monoisotopic (exact) mass is 426 g/mol. The van der Waals surface area contributed by atoms with E-state index in [1.54, 1.807) is 0 Å². The Morgan fingerprint density at radius 3 is 2.50 bits per heavy atom. The van der Waals surface area contributed by atoms with Gasteiger partial charge in [0.2, 0.25) is 0 Å². The van der Waals surface area contributed by atoms with E-state index < -0.39 is 5.76 Å². The van der Waals surface area contributed by atoms with Gasteiger partial charge in [-0.2, -0.15) is 4.98 Å². The Morgan fingerprint density at radius 1 is 1.00 bits per heavy atom. The lowest BCUT2D eigenvalue weighted by molar-refractivity contribution is 0.301. The van der Waals surface area contributed by atoms with Crippen LogP contribution in [0.15, 0.2) is 76.0 Å². The lowest BCUT2D eigenvalue weighted by Gasteiger charge is -2.12. The Labute approximate surface area is 184 Å². The number of ether oxygens (including phenoxy) is 1. The molecule has 5 rings (SSSR count). The number of aromatic nitrogens is 4. The minimum atomic E-state index is -0.571. The summed E-state index contributed by atoms with van der Waals surface area (Å²) in [6, 6.07) is 22.8. The van der Waals surface area contributed by atoms with E-state index in [4.69, 9.17) is 4.74 Å². The molecule has 1 N–H and O–H groups in total. The lowest BCUT2D eigenvalue weighted by atomic mass is 9.98. The maximum absolute atomic E-state index is 11.4. The Balaban J connectivity index is 1.50. The third-order valence-electron chi connectivity index (χ3n) is 5.43. The van der Waals surface area contributed by atoms with Crippen LogP contribution >= 0.6 is 0 Å². The van der Waals surface area contributed by atoms with Gasteiger partial charge in [-0.15, -0.1) is 0 Å². The van der Waals surface area contributed by atoms with Crippen molar-refractivity contribution in [2.24, 2.45) is 0 Å². The number of hydrogen-bond donors (Lipinski definition) is 1. The summed E-state index contributed by atoms with van der Waals surface area (Å²) in [6.45, 7) is 5.26. The number of rotatable bonds is 6. The molecule has 0 amide bonds. The van der Waals surface area contributed by atoms with E-state index in [2.05, 4.69) is 61.5 Å². The Hall–Kier alpha value is -4.13. The van der Waals surface area contributed by atoms with Gasteiger partial charge in [0.25, 0.3) is 6.01 Å². The molecular weight excluding hydrogens is 404 g/mol. The van der Waals surface area contributed by atoms with Crippen LogP contribution in [-0.4, -0.2) is 26.3 Å². The van der Waals surface area contributed by atoms with E-state index in [9.17, 15) is 4.79 Å². The van der Waals surface area contributed by atoms with Crippen molar-refractivity contribution in [1.29, 1.82) is 0 Å². The standard InChI is InChI=1S/C25H22N4O3/c1-3-31-24-26-21-10-6-7-16(2)22(21)29(24)15-17-11-13-18(14-12-17)19-8-4-5-9-20(19)23-27-25(30)32-28-23/h4-14H,3,15H2,1-2H3,(H,27,28,30). The van der Waals surface area contributed by atoms with Gasteiger partial charge in [-0.05, 0) is 42.2 Å². The second kappa shape index (κ2) is 8.19. The van der Waals surface area contributed by atoms with Gasteiger partial charge in [0, 0.05) is 5.56 Å². The van der Waals surface area contributed by atoms with Crippen LogP contribution in [0.2, 0.25) is 0 Å². The topological polar surface area (TPSA) is 85.9 Å². The maximum Gasteiger partial charge on any atom is 0.439 e. The van der Waals surface area contributed by atoms with Gasteiger partial charge in [0.05, 0.1) is 24.2 Å². The zero-order valence-corrected chi connectivity index (χ0v) is 17.8. The van der Waals surface area contributed by atoms with Gasteiger partial charge >= 0.3 is 5.76 Å². The minimum absolute atomic E-state index is 0.413. The summed E-state index contributed by atoms with van der Waals surface area (Å²) in [5, 5.41) is 3.84. The molecule has 3 aromatic carbocycles. The third-order valence-corrected chi connectivity index (χ3v) is 5.43. The second-order valence-corrected chi connectivity index (χ2v) is 7.54. The first-order chi connectivity index (χ1) is 15.6. The molecule has 0 saturated carbocycles. The Kier molecular flexibility index (Phi) is 5.07. The summed E-state index contributed by atoms with van der Waals surface area (Å²) in [7, 11) is 0. The Bertz CT molecular complexity index is 1440. The fourth-order valence-electron chi connectivity index (χ4n) is 3.99. The van der Waals surface area contributed by atoms with Crippen molar-refractivity contribution in [2.75, 3.05) is 6.61 Å². The molecule has 0 bridgehead atoms. The van der Waals surface area contributed by atoms with Crippen LogP contribution in [0.3, 0.4) is 0 Å². The van der Waals surface area contributed by atoms with E-state index in [-0.39, 0.29) is 0 Å². The molecule has 0 atom stereocenters. The van der Waals surface area contributed by atoms with E-state index in [0.29, 0.717) is 25.0 Å². The molecular formula is C25H22N4O3. The summed E-state index contributed by atoms with van der Waals surface area (Å²) in [5.41, 5.74) is 7.09. The first-order valence-corrected chi connectivity index (χ1v) is 10.5. The van der Waals surface area contributed by atoms with Gasteiger partial charge in [-0.1, -0.05) is 65.8 Å². The molecule has 0 aliphatic carbocycles. The molecule has 5 aromatic rings. The summed E-state index contributed by atoms with van der Waals surface area (Å²) < 4.78 is 12.6. The lowest BCUT2D eigenvalue weighted by Crippen LogP contribution is -2.05. The molecule has 0 aliphatic heterocycles. The minimum Gasteiger partial charge on any atom is -0.465 e. The average Bonchev–Trinajstić information content (AvgIpc) is 3.39. The number of aromatic amines is 1. The number of para-hydroxylation sites is 1. The fraction of sp³-hybridized carbons (Fsp3) is 0.160. The van der Waals surface area contributed by atoms with Gasteiger partial charge < -0.3 is 4.74 Å². The first kappa shape index (κ1) is 19.8. The van der Waals surface area contributed by atoms with Gasteiger partial charge in [-0.25, -0.2) is 4.79 Å². The SMILES string of the molecule is CCOc1nc2cccc(C)c2n1Cc1ccc(-c2ccccc2-c2noc(=O)[nH]2)cc1. The molecule has 0 saturated heterocycles. The van der Waals surface area contributed by atoms with Crippen LogP contribution in [0.5, 0.6) is 6.01 Å². The molecule has 0 unspecified atom stereocenters. The molecule has 0 fully saturated rings. The zero-order chi connectivity index (χ0) is 22.1. The molecule has 160 valence electrons. The van der Waals surface area contributed by atoms with Crippen LogP contribution in [-0.2, 0) is 6.54 Å². The number of nitrogens with one attached hydrogen (secondary N) is 1. The quantitative estimate of drug-likeness (QED) is 0.421. The van der Waals surface area contributed by atoms with Crippen LogP contribution in [0.4, 0.5) is 0 Å². The highest BCUT2D eigenvalue weighted by molar-refractivity contribution is 5.81. The third kappa shape index (κ3) is 3.58. The van der Waals surface area contributed by atoms with Crippen molar-refractivity contribution in [3.63, 3.8) is 0 Å². The number of benzene rings is 3. The highest BCUT2D eigenvalue weighted by atomic mass is 16.5. The van der Waals surface area contributed by atoms with Crippen molar-refractivity contribution in [3.8, 4) is 28.5 Å². The van der Waals surface area contributed by atoms with Gasteiger partial charge in [-0.3, -0.25) is 14.1 Å². The van der Waals surface area contributed by atoms with E-state index in [1.807, 2.05) is 43.3 Å². The first-order valence-electron chi connectivity index (χ1n) is 10.5. The summed E-state index contributed by atoms with van der Waals surface area (Å²) in [5.74, 6) is -0.158. The largest absolute Gasteiger partial charge is 0.465 e. The number of nitrogens with zero attached hydrogens (tertiary/aromatic N) is 3. The van der Waals surface area contributed by atoms with E-state index in [0.717, 1.165) is 38.9 Å². The molecule has 32 heavy (non-hydrogen) atoms. The molecule has 2 heterocycles.